The van der Waals surface area contributed by atoms with E-state index in [0.717, 1.165) is 15.9 Å². The van der Waals surface area contributed by atoms with Crippen molar-refractivity contribution in [3.63, 3.8) is 0 Å². The van der Waals surface area contributed by atoms with Crippen LogP contribution in [0.1, 0.15) is 34.1 Å². The van der Waals surface area contributed by atoms with E-state index in [0.29, 0.717) is 21.2 Å². The normalized spacial score (nSPS) is 25.4. The third-order valence-electron chi connectivity index (χ3n) is 2.78. The Morgan fingerprint density at radius 3 is 2.71 bits per heavy atom. The van der Waals surface area contributed by atoms with Crippen LogP contribution < -0.4 is 26.5 Å². The zero-order valence-electron chi connectivity index (χ0n) is 9.81. The molecule has 1 rings (SSSR count). The van der Waals surface area contributed by atoms with Crippen molar-refractivity contribution in [3.8, 4) is 0 Å². The Morgan fingerprint density at radius 1 is 1.57 bits per heavy atom. The average Bonchev–Trinajstić information content (AvgIpc) is 2.10. The molecule has 3 atom stereocenters. The summed E-state index contributed by atoms with van der Waals surface area (Å²) in [5.74, 6) is 1.60. The molecule has 1 nitrogen and oxygen atoms in total. The van der Waals surface area contributed by atoms with Gasteiger partial charge in [0.25, 0.3) is 0 Å². The van der Waals surface area contributed by atoms with Crippen molar-refractivity contribution in [2.24, 2.45) is 11.8 Å². The Labute approximate surface area is 99.0 Å². The average molecular weight is 308 g/mol. The third-order valence-corrected chi connectivity index (χ3v) is 5.42. The van der Waals surface area contributed by atoms with Crippen LogP contribution in [0.4, 0.5) is 0 Å². The molecule has 0 spiro atoms. The summed E-state index contributed by atoms with van der Waals surface area (Å²) in [6, 6.07) is 0. The first-order valence-electron chi connectivity index (χ1n) is 5.65. The molecule has 0 radical (unpaired) electrons. The summed E-state index contributed by atoms with van der Waals surface area (Å²) >= 11 is 0.387. The van der Waals surface area contributed by atoms with Gasteiger partial charge in [0.2, 0.25) is 0 Å². The Hall–Kier alpha value is 0.430. The maximum absolute atomic E-state index is 3.66. The number of nitrogens with one attached hydrogen (secondary N) is 1. The first-order chi connectivity index (χ1) is 6.63. The van der Waals surface area contributed by atoms with Crippen molar-refractivity contribution in [2.45, 2.75) is 38.2 Å². The number of alkyl halides is 2. The van der Waals surface area contributed by atoms with Crippen molar-refractivity contribution in [3.05, 3.63) is 11.6 Å². The summed E-state index contributed by atoms with van der Waals surface area (Å²) in [4.78, 5) is 0. The van der Waals surface area contributed by atoms with E-state index in [1.807, 2.05) is 0 Å². The van der Waals surface area contributed by atoms with E-state index in [2.05, 4.69) is 39.1 Å². The van der Waals surface area contributed by atoms with Gasteiger partial charge in [-0.15, -0.1) is 0 Å². The molecule has 1 aliphatic rings. The predicted molar refractivity (Wildman–Crippen MR) is 59.0 cm³/mol. The fourth-order valence-corrected chi connectivity index (χ4v) is 3.71. The summed E-state index contributed by atoms with van der Waals surface area (Å²) in [5.41, 5.74) is 1.67. The van der Waals surface area contributed by atoms with Crippen LogP contribution in [0.3, 0.4) is 0 Å². The molecular weight excluding hydrogens is 285 g/mol. The van der Waals surface area contributed by atoms with E-state index in [9.17, 15) is 0 Å². The summed E-state index contributed by atoms with van der Waals surface area (Å²) in [6.07, 6.45) is 3.77. The van der Waals surface area contributed by atoms with Crippen LogP contribution in [0, 0.1) is 11.8 Å². The monoisotopic (exact) mass is 308 g/mol. The number of halogens is 1. The van der Waals surface area contributed by atoms with Gasteiger partial charge in [0.15, 0.2) is 0 Å². The molecule has 0 aromatic heterocycles. The van der Waals surface area contributed by atoms with Gasteiger partial charge in [-0.25, -0.2) is 0 Å². The van der Waals surface area contributed by atoms with Gasteiger partial charge >= 0.3 is 99.1 Å². The van der Waals surface area contributed by atoms with Gasteiger partial charge in [0.1, 0.15) is 0 Å². The van der Waals surface area contributed by atoms with Crippen LogP contribution in [0.5, 0.6) is 0 Å². The van der Waals surface area contributed by atoms with E-state index in [1.165, 1.54) is 17.4 Å². The van der Waals surface area contributed by atoms with Gasteiger partial charge in [0, 0.05) is 0 Å². The molecule has 0 aromatic rings. The van der Waals surface area contributed by atoms with Crippen LogP contribution in [0.15, 0.2) is 11.6 Å². The molecule has 0 amide bonds. The molecule has 0 saturated carbocycles. The summed E-state index contributed by atoms with van der Waals surface area (Å²) in [7, 11) is 0. The van der Waals surface area contributed by atoms with Gasteiger partial charge < -0.3 is 0 Å². The van der Waals surface area contributed by atoms with Gasteiger partial charge in [0.05, 0.1) is 0 Å². The third kappa shape index (κ3) is 3.89. The molecule has 0 bridgehead atoms. The Morgan fingerprint density at radius 2 is 2.21 bits per heavy atom. The zero-order valence-corrected chi connectivity index (χ0v) is 12.0. The number of rotatable bonds is 6. The van der Waals surface area contributed by atoms with Gasteiger partial charge in [-0.1, -0.05) is 0 Å². The maximum atomic E-state index is 3.66. The molecule has 0 fully saturated rings. The first kappa shape index (κ1) is 12.5. The first-order valence-corrected chi connectivity index (χ1v) is 8.42. The van der Waals surface area contributed by atoms with E-state index in [-0.39, 0.29) is 0 Å². The molecule has 3 unspecified atom stereocenters. The minimum atomic E-state index is 0.387. The molecule has 0 aliphatic heterocycles. The molecular formula is C12H23IN-. The van der Waals surface area contributed by atoms with Crippen molar-refractivity contribution < 1.29 is 21.2 Å². The number of hydrogen-bond donors (Lipinski definition) is 1. The molecule has 2 heteroatoms. The summed E-state index contributed by atoms with van der Waals surface area (Å²) in [5, 5.41) is 3.66. The second-order valence-electron chi connectivity index (χ2n) is 4.27. The molecule has 0 saturated heterocycles. The number of allylic oxidation sites excluding steroid dienone is 1. The zero-order chi connectivity index (χ0) is 10.6. The SMILES string of the molecule is CC[I-]C(C)NCC(C)C1=CC(C)C1. The van der Waals surface area contributed by atoms with E-state index in [4.69, 9.17) is 0 Å². The Kier molecular flexibility index (Phi) is 5.45. The standard InChI is InChI=1S/C12H23IN/c1-5-13-11(4)14-8-10(3)12-6-9(2)7-12/h6,9-11,14H,5,7-8H2,1-4H3/q-1. The molecule has 0 aromatic carbocycles. The second kappa shape index (κ2) is 6.11. The van der Waals surface area contributed by atoms with Crippen LogP contribution in [-0.4, -0.2) is 15.0 Å². The fraction of sp³-hybridized carbons (Fsp3) is 0.833. The van der Waals surface area contributed by atoms with Crippen LogP contribution in [-0.2, 0) is 0 Å². The second-order valence-corrected chi connectivity index (χ2v) is 8.54. The van der Waals surface area contributed by atoms with Gasteiger partial charge in [-0.3, -0.25) is 0 Å². The minimum absolute atomic E-state index is 0.387. The van der Waals surface area contributed by atoms with E-state index in [1.54, 1.807) is 5.57 Å². The molecule has 1 N–H and O–H groups in total. The van der Waals surface area contributed by atoms with Gasteiger partial charge in [-0.2, -0.15) is 0 Å². The van der Waals surface area contributed by atoms with Crippen molar-refractivity contribution in [1.29, 1.82) is 0 Å². The summed E-state index contributed by atoms with van der Waals surface area (Å²) < 4.78 is 2.18. The molecule has 0 heterocycles. The van der Waals surface area contributed by atoms with Crippen molar-refractivity contribution in [2.75, 3.05) is 11.0 Å². The van der Waals surface area contributed by atoms with E-state index < -0.39 is 0 Å². The fourth-order valence-electron chi connectivity index (χ4n) is 1.83. The van der Waals surface area contributed by atoms with Crippen LogP contribution in [0.2, 0.25) is 0 Å². The van der Waals surface area contributed by atoms with Crippen molar-refractivity contribution >= 4 is 0 Å². The Balaban J connectivity index is 2.15. The Bertz CT molecular complexity index is 200. The quantitative estimate of drug-likeness (QED) is 0.306. The topological polar surface area (TPSA) is 12.0 Å². The molecule has 1 aliphatic carbocycles. The van der Waals surface area contributed by atoms with Crippen molar-refractivity contribution in [1.82, 2.24) is 5.32 Å². The van der Waals surface area contributed by atoms with Crippen LogP contribution >= 0.6 is 0 Å². The number of hydrogen-bond acceptors (Lipinski definition) is 1. The van der Waals surface area contributed by atoms with Crippen LogP contribution in [0.25, 0.3) is 0 Å². The van der Waals surface area contributed by atoms with E-state index >= 15 is 0 Å². The predicted octanol–water partition coefficient (Wildman–Crippen LogP) is -0.367. The summed E-state index contributed by atoms with van der Waals surface area (Å²) in [6.45, 7) is 10.5. The molecule has 84 valence electrons. The van der Waals surface area contributed by atoms with Gasteiger partial charge in [-0.05, 0) is 0 Å². The molecule has 14 heavy (non-hydrogen) atoms.